The van der Waals surface area contributed by atoms with Crippen molar-refractivity contribution in [2.45, 2.75) is 25.9 Å². The quantitative estimate of drug-likeness (QED) is 0.604. The Morgan fingerprint density at radius 1 is 1.11 bits per heavy atom. The number of carbonyl (C=O) groups excluding carboxylic acids is 1. The summed E-state index contributed by atoms with van der Waals surface area (Å²) in [5.74, 6) is 1.61. The topological polar surface area (TPSA) is 42.4 Å². The van der Waals surface area contributed by atoms with Crippen molar-refractivity contribution >= 4 is 17.2 Å². The SMILES string of the molecule is O=C(c1ccsc1)N1CCC(Cc2ccc(COc3cccnc3)cc2)CC1. The smallest absolute Gasteiger partial charge is 0.254 e. The van der Waals surface area contributed by atoms with E-state index in [1.165, 1.54) is 5.56 Å². The minimum atomic E-state index is 0.178. The van der Waals surface area contributed by atoms with Crippen LogP contribution in [0.25, 0.3) is 0 Å². The van der Waals surface area contributed by atoms with Crippen molar-refractivity contribution in [3.05, 3.63) is 82.3 Å². The molecule has 1 amide bonds. The summed E-state index contributed by atoms with van der Waals surface area (Å²) >= 11 is 1.58. The summed E-state index contributed by atoms with van der Waals surface area (Å²) in [6.07, 6.45) is 6.68. The third-order valence-electron chi connectivity index (χ3n) is 5.26. The van der Waals surface area contributed by atoms with Crippen molar-refractivity contribution < 1.29 is 9.53 Å². The number of hydrogen-bond acceptors (Lipinski definition) is 4. The Hall–Kier alpha value is -2.66. The number of amides is 1. The van der Waals surface area contributed by atoms with Crippen molar-refractivity contribution in [3.63, 3.8) is 0 Å². The first-order valence-corrected chi connectivity index (χ1v) is 10.6. The maximum Gasteiger partial charge on any atom is 0.254 e. The average Bonchev–Trinajstić information content (AvgIpc) is 3.29. The third kappa shape index (κ3) is 4.78. The van der Waals surface area contributed by atoms with Crippen LogP contribution < -0.4 is 4.74 Å². The van der Waals surface area contributed by atoms with Gasteiger partial charge in [0, 0.05) is 24.7 Å². The van der Waals surface area contributed by atoms with Crippen LogP contribution in [0.15, 0.2) is 65.6 Å². The molecule has 0 atom stereocenters. The molecule has 3 aromatic rings. The second kappa shape index (κ2) is 9.02. The molecule has 1 saturated heterocycles. The predicted molar refractivity (Wildman–Crippen MR) is 112 cm³/mol. The molecular formula is C23H24N2O2S. The van der Waals surface area contributed by atoms with Crippen LogP contribution in [-0.2, 0) is 13.0 Å². The Bertz CT molecular complexity index is 871. The summed E-state index contributed by atoms with van der Waals surface area (Å²) in [6.45, 7) is 2.27. The van der Waals surface area contributed by atoms with Crippen molar-refractivity contribution in [1.29, 1.82) is 0 Å². The molecule has 3 heterocycles. The van der Waals surface area contributed by atoms with Crippen LogP contribution in [0.2, 0.25) is 0 Å². The predicted octanol–water partition coefficient (Wildman–Crippen LogP) is 4.82. The van der Waals surface area contributed by atoms with Crippen molar-refractivity contribution in [2.24, 2.45) is 5.92 Å². The molecule has 2 aromatic heterocycles. The number of piperidine rings is 1. The number of nitrogens with zero attached hydrogens (tertiary/aromatic N) is 2. The Balaban J connectivity index is 1.24. The molecule has 4 nitrogen and oxygen atoms in total. The Labute approximate surface area is 169 Å². The van der Waals surface area contributed by atoms with E-state index in [1.54, 1.807) is 23.7 Å². The number of rotatable bonds is 6. The summed E-state index contributed by atoms with van der Waals surface area (Å²) in [7, 11) is 0. The van der Waals surface area contributed by atoms with Crippen LogP contribution in [0.3, 0.4) is 0 Å². The fourth-order valence-electron chi connectivity index (χ4n) is 3.61. The van der Waals surface area contributed by atoms with Crippen LogP contribution >= 0.6 is 11.3 Å². The molecule has 5 heteroatoms. The van der Waals surface area contributed by atoms with E-state index in [0.717, 1.165) is 49.2 Å². The number of likely N-dealkylation sites (tertiary alicyclic amines) is 1. The van der Waals surface area contributed by atoms with Crippen molar-refractivity contribution in [3.8, 4) is 5.75 Å². The zero-order chi connectivity index (χ0) is 19.2. The zero-order valence-corrected chi connectivity index (χ0v) is 16.6. The molecule has 0 unspecified atom stereocenters. The van der Waals surface area contributed by atoms with E-state index in [0.29, 0.717) is 12.5 Å². The van der Waals surface area contributed by atoms with Gasteiger partial charge in [-0.3, -0.25) is 9.78 Å². The fourth-order valence-corrected chi connectivity index (χ4v) is 4.24. The molecule has 144 valence electrons. The number of carbonyl (C=O) groups is 1. The molecule has 0 aliphatic carbocycles. The minimum Gasteiger partial charge on any atom is -0.487 e. The van der Waals surface area contributed by atoms with Gasteiger partial charge < -0.3 is 9.64 Å². The average molecular weight is 393 g/mol. The molecule has 0 saturated carbocycles. The van der Waals surface area contributed by atoms with Gasteiger partial charge in [0.2, 0.25) is 0 Å². The van der Waals surface area contributed by atoms with E-state index in [-0.39, 0.29) is 5.91 Å². The number of hydrogen-bond donors (Lipinski definition) is 0. The van der Waals surface area contributed by atoms with Crippen molar-refractivity contribution in [2.75, 3.05) is 13.1 Å². The molecule has 1 aromatic carbocycles. The number of thiophene rings is 1. The molecule has 0 bridgehead atoms. The van der Waals surface area contributed by atoms with E-state index in [2.05, 4.69) is 29.2 Å². The van der Waals surface area contributed by atoms with Gasteiger partial charge in [0.15, 0.2) is 0 Å². The fraction of sp³-hybridized carbons (Fsp3) is 0.304. The largest absolute Gasteiger partial charge is 0.487 e. The van der Waals surface area contributed by atoms with Crippen LogP contribution in [-0.4, -0.2) is 28.9 Å². The molecule has 0 spiro atoms. The van der Waals surface area contributed by atoms with Gasteiger partial charge in [-0.2, -0.15) is 11.3 Å². The van der Waals surface area contributed by atoms with Gasteiger partial charge in [-0.05, 0) is 59.9 Å². The summed E-state index contributed by atoms with van der Waals surface area (Å²) in [5.41, 5.74) is 3.34. The standard InChI is InChI=1S/C23H24N2O2S/c26-23(21-9-13-28-17-21)25-11-7-19(8-12-25)14-18-3-5-20(6-4-18)16-27-22-2-1-10-24-15-22/h1-6,9-10,13,15,17,19H,7-8,11-12,14,16H2. The van der Waals surface area contributed by atoms with Crippen molar-refractivity contribution in [1.82, 2.24) is 9.88 Å². The van der Waals surface area contributed by atoms with Gasteiger partial charge in [-0.1, -0.05) is 24.3 Å². The lowest BCUT2D eigenvalue weighted by Gasteiger charge is -2.32. The number of ether oxygens (including phenoxy) is 1. The first kappa shape index (κ1) is 18.7. The molecular weight excluding hydrogens is 368 g/mol. The molecule has 1 fully saturated rings. The Morgan fingerprint density at radius 2 is 1.89 bits per heavy atom. The van der Waals surface area contributed by atoms with E-state index in [4.69, 9.17) is 4.74 Å². The van der Waals surface area contributed by atoms with E-state index >= 15 is 0 Å². The van der Waals surface area contributed by atoms with Gasteiger partial charge in [0.05, 0.1) is 11.8 Å². The van der Waals surface area contributed by atoms with Crippen LogP contribution in [0.1, 0.15) is 34.3 Å². The molecule has 1 aliphatic rings. The number of pyridine rings is 1. The van der Waals surface area contributed by atoms with Crippen LogP contribution in [0.4, 0.5) is 0 Å². The van der Waals surface area contributed by atoms with Gasteiger partial charge in [0.1, 0.15) is 12.4 Å². The second-order valence-corrected chi connectivity index (χ2v) is 8.03. The molecule has 28 heavy (non-hydrogen) atoms. The molecule has 0 N–H and O–H groups in total. The maximum atomic E-state index is 12.4. The number of aromatic nitrogens is 1. The molecule has 0 radical (unpaired) electrons. The summed E-state index contributed by atoms with van der Waals surface area (Å²) < 4.78 is 5.75. The first-order valence-electron chi connectivity index (χ1n) is 9.70. The monoisotopic (exact) mass is 392 g/mol. The Kier molecular flexibility index (Phi) is 6.02. The summed E-state index contributed by atoms with van der Waals surface area (Å²) in [5, 5.41) is 3.90. The number of benzene rings is 1. The maximum absolute atomic E-state index is 12.4. The summed E-state index contributed by atoms with van der Waals surface area (Å²) in [4.78, 5) is 18.5. The van der Waals surface area contributed by atoms with Gasteiger partial charge in [0.25, 0.3) is 5.91 Å². The zero-order valence-electron chi connectivity index (χ0n) is 15.8. The highest BCUT2D eigenvalue weighted by atomic mass is 32.1. The molecule has 1 aliphatic heterocycles. The molecule has 4 rings (SSSR count). The van der Waals surface area contributed by atoms with E-state index in [9.17, 15) is 4.79 Å². The van der Waals surface area contributed by atoms with E-state index < -0.39 is 0 Å². The third-order valence-corrected chi connectivity index (χ3v) is 5.94. The minimum absolute atomic E-state index is 0.178. The first-order chi connectivity index (χ1) is 13.8. The van der Waals surface area contributed by atoms with Gasteiger partial charge in [-0.15, -0.1) is 0 Å². The Morgan fingerprint density at radius 3 is 2.57 bits per heavy atom. The van der Waals surface area contributed by atoms with Crippen LogP contribution in [0.5, 0.6) is 5.75 Å². The van der Waals surface area contributed by atoms with Gasteiger partial charge in [-0.25, -0.2) is 0 Å². The van der Waals surface area contributed by atoms with E-state index in [1.807, 2.05) is 33.9 Å². The van der Waals surface area contributed by atoms with Crippen LogP contribution in [0, 0.1) is 5.92 Å². The second-order valence-electron chi connectivity index (χ2n) is 7.25. The highest BCUT2D eigenvalue weighted by Crippen LogP contribution is 2.24. The normalized spacial score (nSPS) is 14.8. The highest BCUT2D eigenvalue weighted by Gasteiger charge is 2.23. The lowest BCUT2D eigenvalue weighted by molar-refractivity contribution is 0.0691. The summed E-state index contributed by atoms with van der Waals surface area (Å²) in [6, 6.07) is 14.4. The lowest BCUT2D eigenvalue weighted by atomic mass is 9.90. The highest BCUT2D eigenvalue weighted by molar-refractivity contribution is 7.08. The van der Waals surface area contributed by atoms with Gasteiger partial charge >= 0.3 is 0 Å². The lowest BCUT2D eigenvalue weighted by Crippen LogP contribution is -2.38.